The third kappa shape index (κ3) is 3.06. The molecule has 6 nitrogen and oxygen atoms in total. The van der Waals surface area contributed by atoms with Crippen LogP contribution in [0.1, 0.15) is 23.2 Å². The molecule has 1 aromatic carbocycles. The van der Waals surface area contributed by atoms with Gasteiger partial charge in [-0.25, -0.2) is 4.98 Å². The molecule has 0 bridgehead atoms. The van der Waals surface area contributed by atoms with Gasteiger partial charge in [0.2, 0.25) is 0 Å². The number of aromatic amines is 1. The van der Waals surface area contributed by atoms with Gasteiger partial charge in [0.15, 0.2) is 5.82 Å². The first-order valence-corrected chi connectivity index (χ1v) is 7.07. The van der Waals surface area contributed by atoms with Crippen LogP contribution in [0.5, 0.6) is 0 Å². The van der Waals surface area contributed by atoms with Gasteiger partial charge in [0.1, 0.15) is 6.33 Å². The van der Waals surface area contributed by atoms with E-state index in [0.717, 1.165) is 18.4 Å². The Bertz CT molecular complexity index is 640. The summed E-state index contributed by atoms with van der Waals surface area (Å²) in [6, 6.07) is 7.03. The highest BCUT2D eigenvalue weighted by Crippen LogP contribution is 2.45. The number of aliphatic hydroxyl groups excluding tert-OH is 1. The van der Waals surface area contributed by atoms with Crippen molar-refractivity contribution < 1.29 is 9.90 Å². The molecule has 0 aliphatic heterocycles. The number of rotatable bonds is 5. The van der Waals surface area contributed by atoms with Crippen molar-refractivity contribution in [3.05, 3.63) is 36.2 Å². The summed E-state index contributed by atoms with van der Waals surface area (Å²) in [5.74, 6) is 0.346. The van der Waals surface area contributed by atoms with Crippen molar-refractivity contribution in [3.8, 4) is 11.4 Å². The molecule has 1 heterocycles. The standard InChI is InChI=1S/C14H15ClN4O2/c15-14(4-5-14)11(20)7-16-13(21)10-3-1-2-9(6-10)12-17-8-18-19-12/h1-3,6,8,11,20H,4-5,7H2,(H,16,21)(H,17,18,19). The lowest BCUT2D eigenvalue weighted by atomic mass is 10.1. The predicted molar refractivity (Wildman–Crippen MR) is 78.0 cm³/mol. The van der Waals surface area contributed by atoms with E-state index in [1.807, 2.05) is 6.07 Å². The Hall–Kier alpha value is -1.92. The van der Waals surface area contributed by atoms with Crippen LogP contribution < -0.4 is 5.32 Å². The topological polar surface area (TPSA) is 90.9 Å². The van der Waals surface area contributed by atoms with Gasteiger partial charge >= 0.3 is 0 Å². The normalized spacial score (nSPS) is 17.2. The van der Waals surface area contributed by atoms with Crippen LogP contribution in [-0.4, -0.2) is 43.7 Å². The van der Waals surface area contributed by atoms with Crippen LogP contribution in [0.15, 0.2) is 30.6 Å². The molecule has 110 valence electrons. The highest BCUT2D eigenvalue weighted by molar-refractivity contribution is 6.26. The number of nitrogens with zero attached hydrogens (tertiary/aromatic N) is 2. The van der Waals surface area contributed by atoms with Crippen molar-refractivity contribution in [2.45, 2.75) is 23.8 Å². The number of H-pyrrole nitrogens is 1. The minimum Gasteiger partial charge on any atom is -0.389 e. The average Bonchev–Trinajstić information content (AvgIpc) is 3.05. The fraction of sp³-hybridized carbons (Fsp3) is 0.357. The first kappa shape index (κ1) is 14.0. The Morgan fingerprint density at radius 3 is 3.00 bits per heavy atom. The van der Waals surface area contributed by atoms with E-state index in [4.69, 9.17) is 11.6 Å². The molecule has 0 spiro atoms. The fourth-order valence-corrected chi connectivity index (χ4v) is 2.25. The van der Waals surface area contributed by atoms with Gasteiger partial charge in [0.25, 0.3) is 5.91 Å². The first-order chi connectivity index (χ1) is 10.1. The number of amides is 1. The van der Waals surface area contributed by atoms with E-state index in [9.17, 15) is 9.90 Å². The number of aromatic nitrogens is 3. The summed E-state index contributed by atoms with van der Waals surface area (Å²) in [7, 11) is 0. The van der Waals surface area contributed by atoms with Crippen LogP contribution in [0.25, 0.3) is 11.4 Å². The van der Waals surface area contributed by atoms with Gasteiger partial charge in [0.05, 0.1) is 11.0 Å². The molecule has 3 N–H and O–H groups in total. The van der Waals surface area contributed by atoms with Gasteiger partial charge in [-0.2, -0.15) is 5.10 Å². The zero-order valence-electron chi connectivity index (χ0n) is 11.2. The number of carbonyl (C=O) groups is 1. The molecular weight excluding hydrogens is 292 g/mol. The highest BCUT2D eigenvalue weighted by Gasteiger charge is 2.47. The number of hydrogen-bond acceptors (Lipinski definition) is 4. The summed E-state index contributed by atoms with van der Waals surface area (Å²) in [4.78, 5) is 15.6. The number of aliphatic hydroxyl groups is 1. The van der Waals surface area contributed by atoms with Gasteiger partial charge < -0.3 is 10.4 Å². The smallest absolute Gasteiger partial charge is 0.251 e. The fourth-order valence-electron chi connectivity index (χ4n) is 2.08. The lowest BCUT2D eigenvalue weighted by molar-refractivity contribution is 0.0909. The van der Waals surface area contributed by atoms with Gasteiger partial charge in [-0.05, 0) is 25.0 Å². The summed E-state index contributed by atoms with van der Waals surface area (Å²) < 4.78 is 0. The molecular formula is C14H15ClN4O2. The molecule has 21 heavy (non-hydrogen) atoms. The Morgan fingerprint density at radius 1 is 1.52 bits per heavy atom. The predicted octanol–water partition coefficient (Wildman–Crippen LogP) is 1.33. The second-order valence-corrected chi connectivity index (χ2v) is 5.93. The SMILES string of the molecule is O=C(NCC(O)C1(Cl)CC1)c1cccc(-c2ncn[nH]2)c1. The van der Waals surface area contributed by atoms with Gasteiger partial charge in [-0.3, -0.25) is 9.89 Å². The molecule has 2 aromatic rings. The molecule has 1 aliphatic rings. The number of nitrogens with one attached hydrogen (secondary N) is 2. The Balaban J connectivity index is 1.66. The molecule has 3 rings (SSSR count). The quantitative estimate of drug-likeness (QED) is 0.727. The van der Waals surface area contributed by atoms with Crippen LogP contribution in [0.4, 0.5) is 0 Å². The van der Waals surface area contributed by atoms with E-state index in [1.165, 1.54) is 6.33 Å². The Morgan fingerprint density at radius 2 is 2.33 bits per heavy atom. The molecule has 0 saturated heterocycles. The molecule has 1 aliphatic carbocycles. The molecule has 1 unspecified atom stereocenters. The second-order valence-electron chi connectivity index (χ2n) is 5.18. The van der Waals surface area contributed by atoms with Gasteiger partial charge in [-0.15, -0.1) is 11.6 Å². The van der Waals surface area contributed by atoms with E-state index < -0.39 is 11.0 Å². The number of hydrogen-bond donors (Lipinski definition) is 3. The van der Waals surface area contributed by atoms with Crippen molar-refractivity contribution in [2.24, 2.45) is 0 Å². The zero-order chi connectivity index (χ0) is 14.9. The number of halogens is 1. The average molecular weight is 307 g/mol. The highest BCUT2D eigenvalue weighted by atomic mass is 35.5. The van der Waals surface area contributed by atoms with Crippen molar-refractivity contribution in [1.82, 2.24) is 20.5 Å². The minimum absolute atomic E-state index is 0.148. The number of alkyl halides is 1. The van der Waals surface area contributed by atoms with Gasteiger partial charge in [-0.1, -0.05) is 12.1 Å². The van der Waals surface area contributed by atoms with Crippen LogP contribution in [0.3, 0.4) is 0 Å². The van der Waals surface area contributed by atoms with Crippen LogP contribution in [-0.2, 0) is 0 Å². The summed E-state index contributed by atoms with van der Waals surface area (Å²) in [6.07, 6.45) is 2.26. The lowest BCUT2D eigenvalue weighted by Gasteiger charge is -2.16. The maximum atomic E-state index is 12.1. The maximum absolute atomic E-state index is 12.1. The molecule has 1 atom stereocenters. The summed E-state index contributed by atoms with van der Waals surface area (Å²) in [5, 5.41) is 19.1. The molecule has 1 aromatic heterocycles. The van der Waals surface area contributed by atoms with Crippen LogP contribution >= 0.6 is 11.6 Å². The molecule has 0 radical (unpaired) electrons. The van der Waals surface area contributed by atoms with E-state index >= 15 is 0 Å². The van der Waals surface area contributed by atoms with Crippen molar-refractivity contribution in [3.63, 3.8) is 0 Å². The van der Waals surface area contributed by atoms with Gasteiger partial charge in [0, 0.05) is 17.7 Å². The summed E-state index contributed by atoms with van der Waals surface area (Å²) in [5.41, 5.74) is 1.27. The van der Waals surface area contributed by atoms with Crippen molar-refractivity contribution in [1.29, 1.82) is 0 Å². The summed E-state index contributed by atoms with van der Waals surface area (Å²) >= 11 is 6.10. The molecule has 1 saturated carbocycles. The van der Waals surface area contributed by atoms with Crippen LogP contribution in [0, 0.1) is 0 Å². The molecule has 1 fully saturated rings. The van der Waals surface area contributed by atoms with Crippen molar-refractivity contribution >= 4 is 17.5 Å². The number of benzene rings is 1. The van der Waals surface area contributed by atoms with E-state index in [0.29, 0.717) is 11.4 Å². The molecule has 1 amide bonds. The van der Waals surface area contributed by atoms with E-state index in [-0.39, 0.29) is 12.5 Å². The lowest BCUT2D eigenvalue weighted by Crippen LogP contribution is -2.37. The molecule has 7 heteroatoms. The maximum Gasteiger partial charge on any atom is 0.251 e. The zero-order valence-corrected chi connectivity index (χ0v) is 12.0. The monoisotopic (exact) mass is 306 g/mol. The van der Waals surface area contributed by atoms with E-state index in [2.05, 4.69) is 20.5 Å². The third-order valence-corrected chi connectivity index (χ3v) is 4.22. The number of carbonyl (C=O) groups excluding carboxylic acids is 1. The van der Waals surface area contributed by atoms with Crippen LogP contribution in [0.2, 0.25) is 0 Å². The second kappa shape index (κ2) is 5.46. The first-order valence-electron chi connectivity index (χ1n) is 6.69. The Labute approximate surface area is 126 Å². The summed E-state index contributed by atoms with van der Waals surface area (Å²) in [6.45, 7) is 0.148. The third-order valence-electron chi connectivity index (χ3n) is 3.59. The minimum atomic E-state index is -0.722. The Kier molecular flexibility index (Phi) is 3.65. The van der Waals surface area contributed by atoms with Crippen molar-refractivity contribution in [2.75, 3.05) is 6.54 Å². The largest absolute Gasteiger partial charge is 0.389 e. The van der Waals surface area contributed by atoms with E-state index in [1.54, 1.807) is 18.2 Å².